The lowest BCUT2D eigenvalue weighted by Gasteiger charge is -2.40. The minimum atomic E-state index is -4.58. The van der Waals surface area contributed by atoms with Gasteiger partial charge >= 0.3 is 12.3 Å². The van der Waals surface area contributed by atoms with Crippen LogP contribution >= 0.6 is 22.6 Å². The third kappa shape index (κ3) is 7.34. The lowest BCUT2D eigenvalue weighted by atomic mass is 10.0. The molecule has 0 aliphatic carbocycles. The average molecular weight is 617 g/mol. The number of aryl methyl sites for hydroxylation is 1. The Balaban J connectivity index is 1.72. The second kappa shape index (κ2) is 11.0. The topological polar surface area (TPSA) is 61.9 Å². The van der Waals surface area contributed by atoms with Crippen LogP contribution in [-0.2, 0) is 17.5 Å². The number of hydrogen-bond acceptors (Lipinski definition) is 4. The molecule has 1 aliphatic heterocycles. The maximum absolute atomic E-state index is 13.9. The van der Waals surface area contributed by atoms with Crippen LogP contribution in [0.1, 0.15) is 54.7 Å². The number of hydrogen-bond donors (Lipinski definition) is 1. The summed E-state index contributed by atoms with van der Waals surface area (Å²) in [4.78, 5) is 28.5. The molecule has 1 unspecified atom stereocenters. The van der Waals surface area contributed by atoms with Gasteiger partial charge in [0.05, 0.1) is 5.56 Å². The minimum absolute atomic E-state index is 0.0751. The first-order valence-electron chi connectivity index (χ1n) is 11.6. The number of anilines is 1. The van der Waals surface area contributed by atoms with Crippen molar-refractivity contribution in [2.75, 3.05) is 25.0 Å². The van der Waals surface area contributed by atoms with Crippen LogP contribution in [0.15, 0.2) is 36.4 Å². The maximum Gasteiger partial charge on any atom is 0.416 e. The zero-order valence-electron chi connectivity index (χ0n) is 21.0. The smallest absolute Gasteiger partial charge is 0.416 e. The Labute approximate surface area is 223 Å². The van der Waals surface area contributed by atoms with E-state index < -0.39 is 29.3 Å². The molecule has 1 fully saturated rings. The van der Waals surface area contributed by atoms with Gasteiger partial charge in [-0.2, -0.15) is 13.2 Å². The van der Waals surface area contributed by atoms with Gasteiger partial charge in [0.25, 0.3) is 5.91 Å². The van der Waals surface area contributed by atoms with Gasteiger partial charge in [0.2, 0.25) is 0 Å². The summed E-state index contributed by atoms with van der Waals surface area (Å²) in [5.74, 6) is -0.471. The third-order valence-electron chi connectivity index (χ3n) is 5.84. The first-order valence-corrected chi connectivity index (χ1v) is 12.7. The number of rotatable bonds is 4. The molecule has 2 amide bonds. The standard InChI is InChI=1S/C26H31F3IN3O3/c1-16-6-7-18(12-22(16)30)23(34)31-20-9-8-19(21(13-20)26(27,28)29)15-32-10-11-33(17(2)14-32)24(35)36-25(3,4)5/h6-9,12-13,17H,10-11,14-15H2,1-5H3,(H,31,34). The van der Waals surface area contributed by atoms with Crippen molar-refractivity contribution < 1.29 is 27.5 Å². The van der Waals surface area contributed by atoms with E-state index in [1.54, 1.807) is 43.9 Å². The Morgan fingerprint density at radius 3 is 2.39 bits per heavy atom. The fourth-order valence-electron chi connectivity index (χ4n) is 4.00. The fraction of sp³-hybridized carbons (Fsp3) is 0.462. The van der Waals surface area contributed by atoms with Crippen molar-refractivity contribution in [1.82, 2.24) is 9.80 Å². The van der Waals surface area contributed by atoms with Gasteiger partial charge in [-0.05, 0) is 92.6 Å². The monoisotopic (exact) mass is 617 g/mol. The van der Waals surface area contributed by atoms with Gasteiger partial charge in [0.1, 0.15) is 5.60 Å². The quantitative estimate of drug-likeness (QED) is 0.409. The van der Waals surface area contributed by atoms with Crippen molar-refractivity contribution in [3.05, 3.63) is 62.2 Å². The summed E-state index contributed by atoms with van der Waals surface area (Å²) in [6.45, 7) is 10.4. The lowest BCUT2D eigenvalue weighted by molar-refractivity contribution is -0.138. The van der Waals surface area contributed by atoms with E-state index in [-0.39, 0.29) is 23.8 Å². The van der Waals surface area contributed by atoms with Crippen LogP contribution in [0.25, 0.3) is 0 Å². The lowest BCUT2D eigenvalue weighted by Crippen LogP contribution is -2.54. The molecule has 1 heterocycles. The molecule has 2 aromatic rings. The number of halogens is 4. The highest BCUT2D eigenvalue weighted by Crippen LogP contribution is 2.35. The summed E-state index contributed by atoms with van der Waals surface area (Å²) in [6, 6.07) is 8.80. The molecule has 0 spiro atoms. The molecule has 196 valence electrons. The minimum Gasteiger partial charge on any atom is -0.444 e. The largest absolute Gasteiger partial charge is 0.444 e. The predicted octanol–water partition coefficient (Wildman–Crippen LogP) is 6.31. The zero-order chi connectivity index (χ0) is 26.8. The van der Waals surface area contributed by atoms with Crippen molar-refractivity contribution in [2.45, 2.75) is 59.0 Å². The summed E-state index contributed by atoms with van der Waals surface area (Å²) in [5, 5.41) is 2.58. The summed E-state index contributed by atoms with van der Waals surface area (Å²) in [5.41, 5.74) is 0.167. The van der Waals surface area contributed by atoms with Gasteiger partial charge in [0, 0.05) is 47.0 Å². The van der Waals surface area contributed by atoms with Gasteiger partial charge in [-0.3, -0.25) is 9.69 Å². The molecule has 2 aromatic carbocycles. The zero-order valence-corrected chi connectivity index (χ0v) is 23.2. The van der Waals surface area contributed by atoms with Gasteiger partial charge in [-0.1, -0.05) is 12.1 Å². The molecule has 6 nitrogen and oxygen atoms in total. The van der Waals surface area contributed by atoms with Crippen molar-refractivity contribution in [2.24, 2.45) is 0 Å². The highest BCUT2D eigenvalue weighted by molar-refractivity contribution is 14.1. The Morgan fingerprint density at radius 1 is 1.11 bits per heavy atom. The second-order valence-corrected chi connectivity index (χ2v) is 11.2. The van der Waals surface area contributed by atoms with E-state index >= 15 is 0 Å². The Bertz CT molecular complexity index is 1130. The van der Waals surface area contributed by atoms with Gasteiger partial charge < -0.3 is 15.0 Å². The molecule has 0 saturated carbocycles. The Kier molecular flexibility index (Phi) is 8.59. The average Bonchev–Trinajstić information content (AvgIpc) is 2.74. The number of piperazine rings is 1. The van der Waals surface area contributed by atoms with E-state index in [9.17, 15) is 22.8 Å². The number of nitrogens with zero attached hydrogens (tertiary/aromatic N) is 2. The molecule has 36 heavy (non-hydrogen) atoms. The van der Waals surface area contributed by atoms with Crippen LogP contribution in [0.4, 0.5) is 23.7 Å². The summed E-state index contributed by atoms with van der Waals surface area (Å²) in [6.07, 6.45) is -5.01. The van der Waals surface area contributed by atoms with E-state index in [0.717, 1.165) is 15.2 Å². The molecule has 0 bridgehead atoms. The fourth-order valence-corrected chi connectivity index (χ4v) is 4.52. The van der Waals surface area contributed by atoms with Crippen molar-refractivity contribution in [1.29, 1.82) is 0 Å². The van der Waals surface area contributed by atoms with Crippen LogP contribution in [-0.4, -0.2) is 53.1 Å². The number of carbonyl (C=O) groups is 2. The van der Waals surface area contributed by atoms with Crippen molar-refractivity contribution >= 4 is 40.3 Å². The molecule has 1 atom stereocenters. The number of carbonyl (C=O) groups excluding carboxylic acids is 2. The van der Waals surface area contributed by atoms with Gasteiger partial charge in [-0.25, -0.2) is 4.79 Å². The van der Waals surface area contributed by atoms with Crippen LogP contribution < -0.4 is 5.32 Å². The summed E-state index contributed by atoms with van der Waals surface area (Å²) in [7, 11) is 0. The molecular weight excluding hydrogens is 586 g/mol. The highest BCUT2D eigenvalue weighted by atomic mass is 127. The SMILES string of the molecule is Cc1ccc(C(=O)Nc2ccc(CN3CCN(C(=O)OC(C)(C)C)C(C)C3)c(C(F)(F)F)c2)cc1I. The summed E-state index contributed by atoms with van der Waals surface area (Å²) < 4.78 is 48.2. The Hall–Kier alpha value is -2.34. The molecule has 1 N–H and O–H groups in total. The first-order chi connectivity index (χ1) is 16.6. The van der Waals surface area contributed by atoms with Gasteiger partial charge in [0.15, 0.2) is 0 Å². The Morgan fingerprint density at radius 2 is 1.81 bits per heavy atom. The van der Waals surface area contributed by atoms with Crippen LogP contribution in [0, 0.1) is 10.5 Å². The molecule has 10 heteroatoms. The third-order valence-corrected chi connectivity index (χ3v) is 7.00. The molecule has 0 radical (unpaired) electrons. The normalized spacial score (nSPS) is 17.1. The first kappa shape index (κ1) is 28.2. The maximum atomic E-state index is 13.9. The van der Waals surface area contributed by atoms with E-state index in [1.165, 1.54) is 12.1 Å². The molecule has 1 saturated heterocycles. The van der Waals surface area contributed by atoms with Crippen LogP contribution in [0.2, 0.25) is 0 Å². The van der Waals surface area contributed by atoms with Crippen molar-refractivity contribution in [3.8, 4) is 0 Å². The van der Waals surface area contributed by atoms with Crippen LogP contribution in [0.3, 0.4) is 0 Å². The van der Waals surface area contributed by atoms with E-state index in [2.05, 4.69) is 27.9 Å². The molecular formula is C26H31F3IN3O3. The number of benzene rings is 2. The molecule has 0 aromatic heterocycles. The predicted molar refractivity (Wildman–Crippen MR) is 141 cm³/mol. The van der Waals surface area contributed by atoms with E-state index in [0.29, 0.717) is 25.2 Å². The summed E-state index contributed by atoms with van der Waals surface area (Å²) >= 11 is 2.11. The van der Waals surface area contributed by atoms with Gasteiger partial charge in [-0.15, -0.1) is 0 Å². The molecule has 3 rings (SSSR count). The number of ether oxygens (including phenoxy) is 1. The number of nitrogens with one attached hydrogen (secondary N) is 1. The second-order valence-electron chi connectivity index (χ2n) is 10.0. The highest BCUT2D eigenvalue weighted by Gasteiger charge is 2.36. The van der Waals surface area contributed by atoms with E-state index in [4.69, 9.17) is 4.74 Å². The van der Waals surface area contributed by atoms with E-state index in [1.807, 2.05) is 18.7 Å². The van der Waals surface area contributed by atoms with Crippen molar-refractivity contribution in [3.63, 3.8) is 0 Å². The molecule has 1 aliphatic rings. The number of amides is 2. The van der Waals surface area contributed by atoms with Crippen LogP contribution in [0.5, 0.6) is 0 Å². The number of alkyl halides is 3.